The van der Waals surface area contributed by atoms with Gasteiger partial charge in [0.25, 0.3) is 0 Å². The van der Waals surface area contributed by atoms with Crippen molar-refractivity contribution < 1.29 is 9.90 Å². The molecule has 1 heterocycles. The Morgan fingerprint density at radius 1 is 1.50 bits per heavy atom. The highest BCUT2D eigenvalue weighted by Crippen LogP contribution is 2.05. The lowest BCUT2D eigenvalue weighted by molar-refractivity contribution is 0.111. The third kappa shape index (κ3) is 2.38. The Hall–Kier alpha value is -1.23. The van der Waals surface area contributed by atoms with Crippen LogP contribution < -0.4 is 0 Å². The van der Waals surface area contributed by atoms with Crippen molar-refractivity contribution in [2.24, 2.45) is 0 Å². The van der Waals surface area contributed by atoms with E-state index in [2.05, 4.69) is 10.3 Å². The maximum absolute atomic E-state index is 10.6. The van der Waals surface area contributed by atoms with Crippen molar-refractivity contribution in [3.05, 3.63) is 11.4 Å². The first-order valence-corrected chi connectivity index (χ1v) is 4.81. The summed E-state index contributed by atoms with van der Waals surface area (Å²) < 4.78 is 1.74. The van der Waals surface area contributed by atoms with E-state index >= 15 is 0 Å². The van der Waals surface area contributed by atoms with Gasteiger partial charge in [0.2, 0.25) is 0 Å². The number of aromatic nitrogens is 3. The number of hydrogen-bond donors (Lipinski definition) is 1. The molecule has 0 bridgehead atoms. The SMILES string of the molecule is CCc1c(C=O)nnn1CCCCO. The zero-order valence-electron chi connectivity index (χ0n) is 8.31. The molecule has 14 heavy (non-hydrogen) atoms. The van der Waals surface area contributed by atoms with Gasteiger partial charge in [-0.3, -0.25) is 4.79 Å². The highest BCUT2D eigenvalue weighted by Gasteiger charge is 2.09. The molecule has 0 saturated heterocycles. The van der Waals surface area contributed by atoms with Gasteiger partial charge < -0.3 is 5.11 Å². The van der Waals surface area contributed by atoms with E-state index in [1.165, 1.54) is 0 Å². The molecule has 0 aliphatic carbocycles. The van der Waals surface area contributed by atoms with Gasteiger partial charge in [-0.2, -0.15) is 0 Å². The van der Waals surface area contributed by atoms with Crippen molar-refractivity contribution in [1.29, 1.82) is 0 Å². The Kier molecular flexibility index (Phi) is 4.25. The molecule has 1 aromatic heterocycles. The van der Waals surface area contributed by atoms with Crippen molar-refractivity contribution in [2.45, 2.75) is 32.7 Å². The molecule has 0 aliphatic heterocycles. The van der Waals surface area contributed by atoms with Crippen LogP contribution in [0.3, 0.4) is 0 Å². The number of aryl methyl sites for hydroxylation is 1. The summed E-state index contributed by atoms with van der Waals surface area (Å²) in [5.41, 5.74) is 1.30. The lowest BCUT2D eigenvalue weighted by Crippen LogP contribution is -2.06. The van der Waals surface area contributed by atoms with Gasteiger partial charge in [-0.05, 0) is 19.3 Å². The molecule has 5 heteroatoms. The molecular weight excluding hydrogens is 182 g/mol. The van der Waals surface area contributed by atoms with Gasteiger partial charge in [0, 0.05) is 13.2 Å². The summed E-state index contributed by atoms with van der Waals surface area (Å²) in [7, 11) is 0. The molecule has 1 aromatic rings. The molecule has 0 aromatic carbocycles. The van der Waals surface area contributed by atoms with Crippen LogP contribution in [0.2, 0.25) is 0 Å². The predicted molar refractivity (Wildman–Crippen MR) is 51.1 cm³/mol. The monoisotopic (exact) mass is 197 g/mol. The molecule has 0 unspecified atom stereocenters. The minimum Gasteiger partial charge on any atom is -0.396 e. The van der Waals surface area contributed by atoms with Crippen LogP contribution in [0, 0.1) is 0 Å². The molecule has 0 fully saturated rings. The average Bonchev–Trinajstić information content (AvgIpc) is 2.60. The molecule has 0 radical (unpaired) electrons. The van der Waals surface area contributed by atoms with Crippen LogP contribution in [0.1, 0.15) is 35.9 Å². The summed E-state index contributed by atoms with van der Waals surface area (Å²) in [4.78, 5) is 10.6. The molecule has 0 amide bonds. The number of aliphatic hydroxyl groups is 1. The Morgan fingerprint density at radius 2 is 2.29 bits per heavy atom. The fraction of sp³-hybridized carbons (Fsp3) is 0.667. The predicted octanol–water partition coefficient (Wildman–Crippen LogP) is 0.426. The normalized spacial score (nSPS) is 10.4. The molecule has 0 atom stereocenters. The van der Waals surface area contributed by atoms with E-state index < -0.39 is 0 Å². The zero-order valence-corrected chi connectivity index (χ0v) is 8.31. The lowest BCUT2D eigenvalue weighted by Gasteiger charge is -2.03. The van der Waals surface area contributed by atoms with Gasteiger partial charge in [0.1, 0.15) is 5.69 Å². The van der Waals surface area contributed by atoms with E-state index in [1.807, 2.05) is 6.92 Å². The molecule has 1 N–H and O–H groups in total. The van der Waals surface area contributed by atoms with E-state index in [4.69, 9.17) is 5.11 Å². The first-order valence-electron chi connectivity index (χ1n) is 4.81. The minimum atomic E-state index is 0.191. The average molecular weight is 197 g/mol. The molecule has 0 saturated carbocycles. The third-order valence-electron chi connectivity index (χ3n) is 2.09. The highest BCUT2D eigenvalue weighted by molar-refractivity contribution is 5.73. The Bertz CT molecular complexity index is 296. The van der Waals surface area contributed by atoms with E-state index in [0.29, 0.717) is 12.2 Å². The number of nitrogens with zero attached hydrogens (tertiary/aromatic N) is 3. The van der Waals surface area contributed by atoms with Crippen LogP contribution in [0.5, 0.6) is 0 Å². The fourth-order valence-corrected chi connectivity index (χ4v) is 1.35. The highest BCUT2D eigenvalue weighted by atomic mass is 16.2. The summed E-state index contributed by atoms with van der Waals surface area (Å²) >= 11 is 0. The van der Waals surface area contributed by atoms with Crippen molar-refractivity contribution in [1.82, 2.24) is 15.0 Å². The lowest BCUT2D eigenvalue weighted by atomic mass is 10.2. The van der Waals surface area contributed by atoms with E-state index in [0.717, 1.165) is 31.2 Å². The van der Waals surface area contributed by atoms with Gasteiger partial charge in [-0.1, -0.05) is 12.1 Å². The van der Waals surface area contributed by atoms with Gasteiger partial charge in [-0.25, -0.2) is 4.68 Å². The standard InChI is InChI=1S/C9H15N3O2/c1-2-9-8(7-14)10-11-12(9)5-3-4-6-13/h7,13H,2-6H2,1H3. The first kappa shape index (κ1) is 10.8. The number of carbonyl (C=O) groups excluding carboxylic acids is 1. The summed E-state index contributed by atoms with van der Waals surface area (Å²) in [5.74, 6) is 0. The number of carbonyl (C=O) groups is 1. The van der Waals surface area contributed by atoms with Gasteiger partial charge >= 0.3 is 0 Å². The second-order valence-corrected chi connectivity index (χ2v) is 3.05. The smallest absolute Gasteiger partial charge is 0.172 e. The minimum absolute atomic E-state index is 0.191. The molecule has 78 valence electrons. The topological polar surface area (TPSA) is 68.0 Å². The number of rotatable bonds is 6. The van der Waals surface area contributed by atoms with Crippen LogP contribution in [0.15, 0.2) is 0 Å². The largest absolute Gasteiger partial charge is 0.396 e. The van der Waals surface area contributed by atoms with E-state index in [1.54, 1.807) is 4.68 Å². The quantitative estimate of drug-likeness (QED) is 0.530. The number of aldehydes is 1. The molecule has 0 aliphatic rings. The molecular formula is C9H15N3O2. The van der Waals surface area contributed by atoms with E-state index in [-0.39, 0.29) is 6.61 Å². The summed E-state index contributed by atoms with van der Waals surface area (Å²) in [6, 6.07) is 0. The van der Waals surface area contributed by atoms with Gasteiger partial charge in [0.05, 0.1) is 5.69 Å². The second kappa shape index (κ2) is 5.49. The molecule has 5 nitrogen and oxygen atoms in total. The number of aliphatic hydroxyl groups excluding tert-OH is 1. The van der Waals surface area contributed by atoms with Gasteiger partial charge in [0.15, 0.2) is 6.29 Å². The summed E-state index contributed by atoms with van der Waals surface area (Å²) in [6.45, 7) is 2.87. The van der Waals surface area contributed by atoms with Crippen LogP contribution in [-0.4, -0.2) is 33.0 Å². The third-order valence-corrected chi connectivity index (χ3v) is 2.09. The van der Waals surface area contributed by atoms with Crippen LogP contribution in [0.25, 0.3) is 0 Å². The summed E-state index contributed by atoms with van der Waals surface area (Å²) in [5, 5.41) is 16.3. The maximum Gasteiger partial charge on any atom is 0.172 e. The van der Waals surface area contributed by atoms with Crippen LogP contribution >= 0.6 is 0 Å². The Balaban J connectivity index is 2.66. The van der Waals surface area contributed by atoms with Crippen molar-refractivity contribution >= 4 is 6.29 Å². The van der Waals surface area contributed by atoms with Crippen molar-refractivity contribution in [2.75, 3.05) is 6.61 Å². The second-order valence-electron chi connectivity index (χ2n) is 3.05. The Labute approximate surface area is 82.7 Å². The van der Waals surface area contributed by atoms with Crippen LogP contribution in [0.4, 0.5) is 0 Å². The Morgan fingerprint density at radius 3 is 2.86 bits per heavy atom. The van der Waals surface area contributed by atoms with Crippen LogP contribution in [-0.2, 0) is 13.0 Å². The fourth-order valence-electron chi connectivity index (χ4n) is 1.35. The first-order chi connectivity index (χ1) is 6.83. The number of hydrogen-bond acceptors (Lipinski definition) is 4. The molecule has 0 spiro atoms. The maximum atomic E-state index is 10.6. The number of unbranched alkanes of at least 4 members (excludes halogenated alkanes) is 1. The van der Waals surface area contributed by atoms with E-state index in [9.17, 15) is 4.79 Å². The zero-order chi connectivity index (χ0) is 10.4. The van der Waals surface area contributed by atoms with Gasteiger partial charge in [-0.15, -0.1) is 5.10 Å². The molecule has 1 rings (SSSR count). The summed E-state index contributed by atoms with van der Waals surface area (Å²) in [6.07, 6.45) is 3.08. The van der Waals surface area contributed by atoms with Crippen molar-refractivity contribution in [3.8, 4) is 0 Å². The van der Waals surface area contributed by atoms with Crippen molar-refractivity contribution in [3.63, 3.8) is 0 Å².